The number of nitrogens with two attached hydrogens (primary N) is 1. The molecule has 0 unspecified atom stereocenters. The van der Waals surface area contributed by atoms with Crippen molar-refractivity contribution < 1.29 is 9.32 Å². The van der Waals surface area contributed by atoms with E-state index in [4.69, 9.17) is 10.3 Å². The highest BCUT2D eigenvalue weighted by Crippen LogP contribution is 2.22. The molecule has 1 aliphatic rings. The minimum atomic E-state index is -0.189. The Morgan fingerprint density at radius 1 is 1.60 bits per heavy atom. The predicted molar refractivity (Wildman–Crippen MR) is 55.4 cm³/mol. The van der Waals surface area contributed by atoms with Gasteiger partial charge in [0.2, 0.25) is 5.91 Å². The number of amides is 1. The van der Waals surface area contributed by atoms with E-state index < -0.39 is 0 Å². The number of aromatic nitrogens is 1. The Morgan fingerprint density at radius 3 is 2.73 bits per heavy atom. The van der Waals surface area contributed by atoms with Crippen molar-refractivity contribution in [3.05, 3.63) is 11.8 Å². The van der Waals surface area contributed by atoms with Crippen LogP contribution in [0.1, 0.15) is 18.6 Å². The number of hydrogen-bond acceptors (Lipinski definition) is 4. The van der Waals surface area contributed by atoms with E-state index in [0.29, 0.717) is 0 Å². The van der Waals surface area contributed by atoms with Crippen LogP contribution >= 0.6 is 0 Å². The van der Waals surface area contributed by atoms with Gasteiger partial charge in [0.15, 0.2) is 5.82 Å². The molecule has 1 amide bonds. The van der Waals surface area contributed by atoms with E-state index in [9.17, 15) is 4.79 Å². The normalized spacial score (nSPS) is 18.1. The maximum Gasteiger partial charge on any atom is 0.220 e. The number of piperidine rings is 1. The van der Waals surface area contributed by atoms with Gasteiger partial charge in [0.05, 0.1) is 0 Å². The Kier molecular flexibility index (Phi) is 2.62. The molecule has 1 aromatic rings. The number of nitrogens with zero attached hydrogens (tertiary/aromatic N) is 2. The summed E-state index contributed by atoms with van der Waals surface area (Å²) in [6, 6.07) is 1.91. The van der Waals surface area contributed by atoms with Crippen molar-refractivity contribution in [3.8, 4) is 0 Å². The molecule has 1 saturated heterocycles. The van der Waals surface area contributed by atoms with Gasteiger partial charge in [-0.25, -0.2) is 0 Å². The van der Waals surface area contributed by atoms with E-state index in [0.717, 1.165) is 37.5 Å². The molecule has 0 radical (unpaired) electrons. The monoisotopic (exact) mass is 209 g/mol. The average Bonchev–Trinajstić information content (AvgIpc) is 2.65. The van der Waals surface area contributed by atoms with Gasteiger partial charge in [-0.15, -0.1) is 0 Å². The third-order valence-corrected chi connectivity index (χ3v) is 2.84. The van der Waals surface area contributed by atoms with E-state index >= 15 is 0 Å². The molecule has 1 fully saturated rings. The van der Waals surface area contributed by atoms with Crippen LogP contribution in [0, 0.1) is 12.8 Å². The van der Waals surface area contributed by atoms with Crippen LogP contribution < -0.4 is 10.6 Å². The summed E-state index contributed by atoms with van der Waals surface area (Å²) < 4.78 is 5.01. The van der Waals surface area contributed by atoms with Gasteiger partial charge in [0.1, 0.15) is 5.76 Å². The zero-order valence-electron chi connectivity index (χ0n) is 8.77. The first-order valence-electron chi connectivity index (χ1n) is 5.14. The van der Waals surface area contributed by atoms with Gasteiger partial charge in [0, 0.05) is 25.1 Å². The molecule has 0 aromatic carbocycles. The van der Waals surface area contributed by atoms with Crippen molar-refractivity contribution in [2.75, 3.05) is 18.0 Å². The second-order valence-electron chi connectivity index (χ2n) is 3.96. The summed E-state index contributed by atoms with van der Waals surface area (Å²) in [7, 11) is 0. The number of hydrogen-bond donors (Lipinski definition) is 1. The van der Waals surface area contributed by atoms with Gasteiger partial charge < -0.3 is 15.2 Å². The number of carbonyl (C=O) groups is 1. The van der Waals surface area contributed by atoms with E-state index in [1.807, 2.05) is 13.0 Å². The minimum Gasteiger partial charge on any atom is -0.369 e. The molecule has 0 saturated carbocycles. The molecule has 15 heavy (non-hydrogen) atoms. The number of carbonyl (C=O) groups excluding carboxylic acids is 1. The first-order chi connectivity index (χ1) is 7.16. The zero-order chi connectivity index (χ0) is 10.8. The topological polar surface area (TPSA) is 72.4 Å². The maximum absolute atomic E-state index is 11.0. The summed E-state index contributed by atoms with van der Waals surface area (Å²) >= 11 is 0. The van der Waals surface area contributed by atoms with E-state index in [-0.39, 0.29) is 11.8 Å². The van der Waals surface area contributed by atoms with Gasteiger partial charge in [-0.3, -0.25) is 4.79 Å². The smallest absolute Gasteiger partial charge is 0.220 e. The quantitative estimate of drug-likeness (QED) is 0.777. The molecule has 2 rings (SSSR count). The van der Waals surface area contributed by atoms with Gasteiger partial charge >= 0.3 is 0 Å². The van der Waals surface area contributed by atoms with Crippen LogP contribution in [-0.2, 0) is 4.79 Å². The Labute approximate surface area is 88.2 Å². The molecule has 1 aromatic heterocycles. The van der Waals surface area contributed by atoms with Crippen molar-refractivity contribution in [1.29, 1.82) is 0 Å². The molecule has 0 bridgehead atoms. The summed E-state index contributed by atoms with van der Waals surface area (Å²) in [6.45, 7) is 3.51. The lowest BCUT2D eigenvalue weighted by atomic mass is 9.96. The predicted octanol–water partition coefficient (Wildman–Crippen LogP) is 0.685. The summed E-state index contributed by atoms with van der Waals surface area (Å²) in [5.74, 6) is 1.50. The molecule has 82 valence electrons. The van der Waals surface area contributed by atoms with E-state index in [2.05, 4.69) is 10.1 Å². The SMILES string of the molecule is Cc1cc(N2CCC(C(N)=O)CC2)no1. The standard InChI is InChI=1S/C10H15N3O2/c1-7-6-9(12-15-7)13-4-2-8(3-5-13)10(11)14/h6,8H,2-5H2,1H3,(H2,11,14). The molecule has 5 nitrogen and oxygen atoms in total. The van der Waals surface area contributed by atoms with Crippen LogP contribution in [-0.4, -0.2) is 24.2 Å². The molecule has 0 atom stereocenters. The third kappa shape index (κ3) is 2.11. The number of primary amides is 1. The van der Waals surface area contributed by atoms with Crippen LogP contribution in [0.5, 0.6) is 0 Å². The Balaban J connectivity index is 1.96. The van der Waals surface area contributed by atoms with Gasteiger partial charge in [-0.1, -0.05) is 5.16 Å². The van der Waals surface area contributed by atoms with Crippen LogP contribution in [0.2, 0.25) is 0 Å². The van der Waals surface area contributed by atoms with Crippen LogP contribution in [0.4, 0.5) is 5.82 Å². The van der Waals surface area contributed by atoms with Crippen LogP contribution in [0.25, 0.3) is 0 Å². The molecule has 1 aliphatic heterocycles. The fourth-order valence-electron chi connectivity index (χ4n) is 1.90. The summed E-state index contributed by atoms with van der Waals surface area (Å²) in [6.07, 6.45) is 1.61. The molecule has 0 spiro atoms. The molecular formula is C10H15N3O2. The summed E-state index contributed by atoms with van der Waals surface area (Å²) in [5.41, 5.74) is 5.26. The van der Waals surface area contributed by atoms with Crippen molar-refractivity contribution in [2.45, 2.75) is 19.8 Å². The molecule has 0 aliphatic carbocycles. The molecule has 2 N–H and O–H groups in total. The maximum atomic E-state index is 11.0. The molecule has 5 heteroatoms. The Morgan fingerprint density at radius 2 is 2.27 bits per heavy atom. The van der Waals surface area contributed by atoms with Gasteiger partial charge in [0.25, 0.3) is 0 Å². The average molecular weight is 209 g/mol. The second-order valence-corrected chi connectivity index (χ2v) is 3.96. The molecule has 2 heterocycles. The number of anilines is 1. The first-order valence-corrected chi connectivity index (χ1v) is 5.14. The highest BCUT2D eigenvalue weighted by Gasteiger charge is 2.24. The number of aryl methyl sites for hydroxylation is 1. The van der Waals surface area contributed by atoms with E-state index in [1.54, 1.807) is 0 Å². The lowest BCUT2D eigenvalue weighted by Gasteiger charge is -2.29. The largest absolute Gasteiger partial charge is 0.369 e. The fraction of sp³-hybridized carbons (Fsp3) is 0.600. The van der Waals surface area contributed by atoms with Crippen molar-refractivity contribution in [1.82, 2.24) is 5.16 Å². The van der Waals surface area contributed by atoms with Crippen molar-refractivity contribution in [2.24, 2.45) is 11.7 Å². The zero-order valence-corrected chi connectivity index (χ0v) is 8.77. The van der Waals surface area contributed by atoms with Gasteiger partial charge in [-0.05, 0) is 19.8 Å². The van der Waals surface area contributed by atoms with Crippen LogP contribution in [0.3, 0.4) is 0 Å². The number of rotatable bonds is 2. The van der Waals surface area contributed by atoms with E-state index in [1.165, 1.54) is 0 Å². The minimum absolute atomic E-state index is 0.0225. The van der Waals surface area contributed by atoms with Crippen LogP contribution in [0.15, 0.2) is 10.6 Å². The Bertz CT molecular complexity index is 353. The van der Waals surface area contributed by atoms with Crippen molar-refractivity contribution in [3.63, 3.8) is 0 Å². The summed E-state index contributed by atoms with van der Waals surface area (Å²) in [5, 5.41) is 3.94. The second kappa shape index (κ2) is 3.92. The highest BCUT2D eigenvalue weighted by atomic mass is 16.5. The lowest BCUT2D eigenvalue weighted by molar-refractivity contribution is -0.122. The van der Waals surface area contributed by atoms with Crippen molar-refractivity contribution >= 4 is 11.7 Å². The first kappa shape index (κ1) is 10.0. The lowest BCUT2D eigenvalue weighted by Crippen LogP contribution is -2.38. The molecular weight excluding hydrogens is 194 g/mol. The Hall–Kier alpha value is -1.52. The highest BCUT2D eigenvalue weighted by molar-refractivity contribution is 5.76. The third-order valence-electron chi connectivity index (χ3n) is 2.84. The fourth-order valence-corrected chi connectivity index (χ4v) is 1.90. The summed E-state index contributed by atoms with van der Waals surface area (Å²) in [4.78, 5) is 13.1. The van der Waals surface area contributed by atoms with Gasteiger partial charge in [-0.2, -0.15) is 0 Å².